The van der Waals surface area contributed by atoms with Crippen molar-refractivity contribution < 1.29 is 4.92 Å². The molecule has 0 amide bonds. The topological polar surface area (TPSA) is 73.0 Å². The van der Waals surface area contributed by atoms with Gasteiger partial charge in [-0.2, -0.15) is 5.10 Å². The zero-order chi connectivity index (χ0) is 16.0. The van der Waals surface area contributed by atoms with Gasteiger partial charge in [-0.1, -0.05) is 27.7 Å². The maximum Gasteiger partial charge on any atom is 0.313 e. The predicted octanol–water partition coefficient (Wildman–Crippen LogP) is 3.08. The van der Waals surface area contributed by atoms with Crippen LogP contribution < -0.4 is 5.32 Å². The van der Waals surface area contributed by atoms with Crippen molar-refractivity contribution in [2.24, 2.45) is 5.92 Å². The van der Waals surface area contributed by atoms with Crippen LogP contribution in [0.2, 0.25) is 0 Å². The fourth-order valence-corrected chi connectivity index (χ4v) is 2.54. The molecule has 120 valence electrons. The lowest BCUT2D eigenvalue weighted by Crippen LogP contribution is -2.37. The van der Waals surface area contributed by atoms with Gasteiger partial charge < -0.3 is 5.32 Å². The van der Waals surface area contributed by atoms with Crippen molar-refractivity contribution in [1.82, 2.24) is 15.1 Å². The lowest BCUT2D eigenvalue weighted by atomic mass is 9.98. The minimum atomic E-state index is -0.291. The van der Waals surface area contributed by atoms with Gasteiger partial charge in [0.1, 0.15) is 11.4 Å². The summed E-state index contributed by atoms with van der Waals surface area (Å²) < 4.78 is 1.82. The largest absolute Gasteiger partial charge is 0.313 e. The third kappa shape index (κ3) is 4.52. The third-order valence-electron chi connectivity index (χ3n) is 3.69. The van der Waals surface area contributed by atoms with E-state index in [-0.39, 0.29) is 16.7 Å². The van der Waals surface area contributed by atoms with Crippen LogP contribution in [0.4, 0.5) is 5.69 Å². The van der Waals surface area contributed by atoms with E-state index in [0.29, 0.717) is 18.0 Å². The van der Waals surface area contributed by atoms with Crippen LogP contribution in [0, 0.1) is 23.0 Å². The summed E-state index contributed by atoms with van der Waals surface area (Å²) in [5.41, 5.74) is 1.45. The Labute approximate surface area is 127 Å². The molecule has 1 heterocycles. The summed E-state index contributed by atoms with van der Waals surface area (Å²) in [6.45, 7) is 11.8. The van der Waals surface area contributed by atoms with Gasteiger partial charge in [-0.15, -0.1) is 0 Å². The Hall–Kier alpha value is -1.43. The van der Waals surface area contributed by atoms with E-state index in [1.54, 1.807) is 6.92 Å². The first-order chi connectivity index (χ1) is 9.92. The number of hydrogen-bond acceptors (Lipinski definition) is 4. The molecule has 1 atom stereocenters. The molecular weight excluding hydrogens is 268 g/mol. The Bertz CT molecular complexity index is 468. The molecule has 1 rings (SSSR count). The second-order valence-corrected chi connectivity index (χ2v) is 5.87. The molecule has 21 heavy (non-hydrogen) atoms. The molecule has 0 radical (unpaired) electrons. The maximum absolute atomic E-state index is 11.4. The minimum absolute atomic E-state index is 0.187. The van der Waals surface area contributed by atoms with Gasteiger partial charge in [0.15, 0.2) is 0 Å². The van der Waals surface area contributed by atoms with Gasteiger partial charge in [-0.3, -0.25) is 14.8 Å². The van der Waals surface area contributed by atoms with Crippen molar-refractivity contribution in [3.8, 4) is 0 Å². The summed E-state index contributed by atoms with van der Waals surface area (Å²) >= 11 is 0. The van der Waals surface area contributed by atoms with Gasteiger partial charge in [0.05, 0.1) is 4.92 Å². The summed E-state index contributed by atoms with van der Waals surface area (Å²) in [4.78, 5) is 11.1. The third-order valence-corrected chi connectivity index (χ3v) is 3.69. The highest BCUT2D eigenvalue weighted by atomic mass is 16.6. The van der Waals surface area contributed by atoms with Crippen molar-refractivity contribution in [3.05, 3.63) is 21.5 Å². The molecule has 0 spiro atoms. The van der Waals surface area contributed by atoms with E-state index in [2.05, 4.69) is 38.1 Å². The lowest BCUT2D eigenvalue weighted by Gasteiger charge is -2.22. The number of hydrogen-bond donors (Lipinski definition) is 1. The molecule has 0 saturated carbocycles. The van der Waals surface area contributed by atoms with Crippen molar-refractivity contribution in [3.63, 3.8) is 0 Å². The van der Waals surface area contributed by atoms with Crippen LogP contribution in [0.1, 0.15) is 51.9 Å². The van der Waals surface area contributed by atoms with Crippen molar-refractivity contribution in [1.29, 1.82) is 0 Å². The number of aryl methyl sites for hydroxylation is 2. The lowest BCUT2D eigenvalue weighted by molar-refractivity contribution is -0.386. The van der Waals surface area contributed by atoms with Crippen LogP contribution in [-0.4, -0.2) is 27.3 Å². The molecular formula is C15H28N4O2. The van der Waals surface area contributed by atoms with Crippen LogP contribution in [0.3, 0.4) is 0 Å². The van der Waals surface area contributed by atoms with E-state index >= 15 is 0 Å². The van der Waals surface area contributed by atoms with Crippen LogP contribution in [0.15, 0.2) is 0 Å². The Morgan fingerprint density at radius 2 is 2.00 bits per heavy atom. The molecule has 6 nitrogen and oxygen atoms in total. The van der Waals surface area contributed by atoms with E-state index in [1.165, 1.54) is 0 Å². The Balaban J connectivity index is 3.09. The number of rotatable bonds is 9. The van der Waals surface area contributed by atoms with Crippen LogP contribution >= 0.6 is 0 Å². The smallest absolute Gasteiger partial charge is 0.313 e. The van der Waals surface area contributed by atoms with Gasteiger partial charge >= 0.3 is 5.69 Å². The molecule has 0 aliphatic carbocycles. The van der Waals surface area contributed by atoms with Gasteiger partial charge in [-0.25, -0.2) is 0 Å². The minimum Gasteiger partial charge on any atom is -0.313 e. The first kappa shape index (κ1) is 17.6. The summed E-state index contributed by atoms with van der Waals surface area (Å²) in [6.07, 6.45) is 2.62. The number of nitrogens with zero attached hydrogens (tertiary/aromatic N) is 3. The summed E-state index contributed by atoms with van der Waals surface area (Å²) in [6, 6.07) is 0.232. The SMILES string of the molecule is CCCNC(Cc1c([N+](=O)[O-])c(C)nn1CCC)C(C)C. The fraction of sp³-hybridized carbons (Fsp3) is 0.800. The maximum atomic E-state index is 11.4. The average Bonchev–Trinajstić information content (AvgIpc) is 2.70. The van der Waals surface area contributed by atoms with E-state index in [1.807, 2.05) is 4.68 Å². The highest BCUT2D eigenvalue weighted by molar-refractivity contribution is 5.41. The number of aromatic nitrogens is 2. The zero-order valence-electron chi connectivity index (χ0n) is 13.8. The molecule has 0 aliphatic heterocycles. The van der Waals surface area contributed by atoms with E-state index in [9.17, 15) is 10.1 Å². The molecule has 1 N–H and O–H groups in total. The summed E-state index contributed by atoms with van der Waals surface area (Å²) in [5, 5.41) is 19.2. The van der Waals surface area contributed by atoms with Gasteiger partial charge in [0.25, 0.3) is 0 Å². The normalized spacial score (nSPS) is 12.9. The molecule has 0 saturated heterocycles. The van der Waals surface area contributed by atoms with E-state index in [4.69, 9.17) is 0 Å². The zero-order valence-corrected chi connectivity index (χ0v) is 13.8. The number of nitrogens with one attached hydrogen (secondary N) is 1. The van der Waals surface area contributed by atoms with Gasteiger partial charge in [-0.05, 0) is 32.2 Å². The second kappa shape index (κ2) is 8.12. The monoisotopic (exact) mass is 296 g/mol. The molecule has 6 heteroatoms. The van der Waals surface area contributed by atoms with Crippen molar-refractivity contribution >= 4 is 5.69 Å². The summed E-state index contributed by atoms with van der Waals surface area (Å²) in [5.74, 6) is 0.418. The van der Waals surface area contributed by atoms with Gasteiger partial charge in [0, 0.05) is 19.0 Å². The first-order valence-corrected chi connectivity index (χ1v) is 7.86. The van der Waals surface area contributed by atoms with Crippen molar-refractivity contribution in [2.75, 3.05) is 6.54 Å². The highest BCUT2D eigenvalue weighted by Crippen LogP contribution is 2.25. The highest BCUT2D eigenvalue weighted by Gasteiger charge is 2.27. The Kier molecular flexibility index (Phi) is 6.81. The second-order valence-electron chi connectivity index (χ2n) is 5.87. The molecule has 0 bridgehead atoms. The Morgan fingerprint density at radius 1 is 1.33 bits per heavy atom. The van der Waals surface area contributed by atoms with Crippen LogP contribution in [0.5, 0.6) is 0 Å². The Morgan fingerprint density at radius 3 is 2.48 bits per heavy atom. The summed E-state index contributed by atoms with van der Waals surface area (Å²) in [7, 11) is 0. The molecule has 0 aromatic carbocycles. The molecule has 0 aliphatic rings. The van der Waals surface area contributed by atoms with Gasteiger partial charge in [0.2, 0.25) is 0 Å². The standard InChI is InChI=1S/C15H28N4O2/c1-6-8-16-13(11(3)4)10-14-15(19(20)21)12(5)17-18(14)9-7-2/h11,13,16H,6-10H2,1-5H3. The van der Waals surface area contributed by atoms with Crippen LogP contribution in [0.25, 0.3) is 0 Å². The van der Waals surface area contributed by atoms with E-state index in [0.717, 1.165) is 31.6 Å². The molecule has 0 fully saturated rings. The predicted molar refractivity (Wildman–Crippen MR) is 84.5 cm³/mol. The van der Waals surface area contributed by atoms with Crippen LogP contribution in [-0.2, 0) is 13.0 Å². The van der Waals surface area contributed by atoms with E-state index < -0.39 is 0 Å². The molecule has 1 aromatic rings. The van der Waals surface area contributed by atoms with Crippen molar-refractivity contribution in [2.45, 2.75) is 66.5 Å². The number of nitro groups is 1. The quantitative estimate of drug-likeness (QED) is 0.561. The fourth-order valence-electron chi connectivity index (χ4n) is 2.54. The first-order valence-electron chi connectivity index (χ1n) is 7.86. The average molecular weight is 296 g/mol. The molecule has 1 aromatic heterocycles. The molecule has 1 unspecified atom stereocenters.